The normalized spacial score (nSPS) is 14.4. The average molecular weight is 534 g/mol. The summed E-state index contributed by atoms with van der Waals surface area (Å²) < 4.78 is 15.1. The van der Waals surface area contributed by atoms with E-state index in [0.29, 0.717) is 43.5 Å². The number of benzene rings is 1. The minimum absolute atomic E-state index is 0. The predicted octanol–water partition coefficient (Wildman–Crippen LogP) is 2.39. The molecule has 9 nitrogen and oxygen atoms in total. The van der Waals surface area contributed by atoms with Crippen molar-refractivity contribution in [2.75, 3.05) is 41.0 Å². The van der Waals surface area contributed by atoms with E-state index >= 15 is 0 Å². The van der Waals surface area contributed by atoms with E-state index in [1.165, 1.54) is 14.2 Å². The number of methoxy groups -OCH3 is 2. The van der Waals surface area contributed by atoms with Crippen LogP contribution in [0.25, 0.3) is 0 Å². The zero-order valence-corrected chi connectivity index (χ0v) is 20.2. The fourth-order valence-electron chi connectivity index (χ4n) is 3.13. The minimum atomic E-state index is -0.445. The van der Waals surface area contributed by atoms with Crippen molar-refractivity contribution in [1.29, 1.82) is 0 Å². The molecule has 1 saturated heterocycles. The first-order valence-electron chi connectivity index (χ1n) is 9.66. The molecule has 1 fully saturated rings. The van der Waals surface area contributed by atoms with E-state index in [1.807, 2.05) is 6.07 Å². The molecule has 0 spiro atoms. The van der Waals surface area contributed by atoms with Crippen molar-refractivity contribution in [1.82, 2.24) is 15.5 Å². The standard InChI is InChI=1S/C20H30N4O5.HI/c1-5-29-20(26)24-10-8-15(9-11-24)23-19(21-2)22-13-14-6-7-17(27-3)16(12-14)18(25)28-4;/h6-7,12,15H,5,8-11,13H2,1-4H3,(H2,21,22,23);1H. The third kappa shape index (κ3) is 7.22. The van der Waals surface area contributed by atoms with Crippen molar-refractivity contribution in [3.63, 3.8) is 0 Å². The van der Waals surface area contributed by atoms with Gasteiger partial charge in [0.15, 0.2) is 5.96 Å². The minimum Gasteiger partial charge on any atom is -0.496 e. The lowest BCUT2D eigenvalue weighted by molar-refractivity contribution is 0.0596. The number of nitrogens with zero attached hydrogens (tertiary/aromatic N) is 2. The van der Waals surface area contributed by atoms with Crippen LogP contribution in [0, 0.1) is 0 Å². The van der Waals surface area contributed by atoms with Crippen LogP contribution in [-0.2, 0) is 16.0 Å². The summed E-state index contributed by atoms with van der Waals surface area (Å²) in [7, 11) is 4.56. The van der Waals surface area contributed by atoms with Gasteiger partial charge in [-0.05, 0) is 37.5 Å². The van der Waals surface area contributed by atoms with Crippen LogP contribution < -0.4 is 15.4 Å². The molecule has 1 aliphatic rings. The maximum atomic E-state index is 11.9. The molecule has 168 valence electrons. The van der Waals surface area contributed by atoms with E-state index in [-0.39, 0.29) is 36.1 Å². The van der Waals surface area contributed by atoms with Gasteiger partial charge in [-0.15, -0.1) is 24.0 Å². The molecule has 0 aromatic heterocycles. The van der Waals surface area contributed by atoms with E-state index in [2.05, 4.69) is 15.6 Å². The lowest BCUT2D eigenvalue weighted by Crippen LogP contribution is -2.49. The van der Waals surface area contributed by atoms with E-state index < -0.39 is 5.97 Å². The van der Waals surface area contributed by atoms with E-state index in [9.17, 15) is 9.59 Å². The van der Waals surface area contributed by atoms with Gasteiger partial charge < -0.3 is 29.7 Å². The number of nitrogens with one attached hydrogen (secondary N) is 2. The van der Waals surface area contributed by atoms with Crippen LogP contribution in [0.4, 0.5) is 4.79 Å². The van der Waals surface area contributed by atoms with Gasteiger partial charge in [-0.2, -0.15) is 0 Å². The number of aliphatic imine (C=N–C) groups is 1. The summed E-state index contributed by atoms with van der Waals surface area (Å²) >= 11 is 0. The van der Waals surface area contributed by atoms with E-state index in [4.69, 9.17) is 14.2 Å². The molecule has 30 heavy (non-hydrogen) atoms. The number of hydrogen-bond acceptors (Lipinski definition) is 6. The largest absolute Gasteiger partial charge is 0.496 e. The summed E-state index contributed by atoms with van der Waals surface area (Å²) in [4.78, 5) is 29.7. The number of guanidine groups is 1. The summed E-state index contributed by atoms with van der Waals surface area (Å²) in [5, 5.41) is 6.63. The van der Waals surface area contributed by atoms with Crippen molar-refractivity contribution in [3.05, 3.63) is 29.3 Å². The number of halogens is 1. The number of ether oxygens (including phenoxy) is 3. The third-order valence-corrected chi connectivity index (χ3v) is 4.71. The van der Waals surface area contributed by atoms with Crippen molar-refractivity contribution in [2.45, 2.75) is 32.4 Å². The Kier molecular flexibility index (Phi) is 11.3. The fraction of sp³-hybridized carbons (Fsp3) is 0.550. The highest BCUT2D eigenvalue weighted by atomic mass is 127. The molecule has 0 bridgehead atoms. The molecule has 1 amide bonds. The summed E-state index contributed by atoms with van der Waals surface area (Å²) in [5.74, 6) is 0.686. The van der Waals surface area contributed by atoms with Crippen LogP contribution >= 0.6 is 24.0 Å². The fourth-order valence-corrected chi connectivity index (χ4v) is 3.13. The number of piperidine rings is 1. The number of amides is 1. The number of hydrogen-bond donors (Lipinski definition) is 2. The van der Waals surface area contributed by atoms with Gasteiger partial charge >= 0.3 is 12.1 Å². The van der Waals surface area contributed by atoms with Crippen LogP contribution in [0.3, 0.4) is 0 Å². The highest BCUT2D eigenvalue weighted by molar-refractivity contribution is 14.0. The molecule has 1 aromatic carbocycles. The first-order chi connectivity index (χ1) is 14.0. The van der Waals surface area contributed by atoms with Crippen molar-refractivity contribution >= 4 is 42.0 Å². The van der Waals surface area contributed by atoms with Crippen LogP contribution in [0.15, 0.2) is 23.2 Å². The second kappa shape index (κ2) is 13.1. The Morgan fingerprint density at radius 1 is 1.23 bits per heavy atom. The second-order valence-corrected chi connectivity index (χ2v) is 6.56. The van der Waals surface area contributed by atoms with Crippen molar-refractivity contribution in [2.24, 2.45) is 4.99 Å². The molecule has 2 rings (SSSR count). The van der Waals surface area contributed by atoms with Gasteiger partial charge in [-0.1, -0.05) is 6.07 Å². The monoisotopic (exact) mass is 534 g/mol. The molecule has 0 atom stereocenters. The van der Waals surface area contributed by atoms with Crippen LogP contribution in [0.5, 0.6) is 5.75 Å². The molecule has 0 unspecified atom stereocenters. The predicted molar refractivity (Wildman–Crippen MR) is 125 cm³/mol. The topological polar surface area (TPSA) is 101 Å². The maximum absolute atomic E-state index is 11.9. The Bertz CT molecular complexity index is 736. The molecular formula is C20H31IN4O5. The zero-order chi connectivity index (χ0) is 21.2. The summed E-state index contributed by atoms with van der Waals surface area (Å²) in [6, 6.07) is 5.57. The number of rotatable bonds is 6. The molecule has 1 aromatic rings. The third-order valence-electron chi connectivity index (χ3n) is 4.71. The van der Waals surface area contributed by atoms with Crippen LogP contribution in [0.1, 0.15) is 35.7 Å². The summed E-state index contributed by atoms with van der Waals surface area (Å²) in [6.07, 6.45) is 1.37. The lowest BCUT2D eigenvalue weighted by Gasteiger charge is -2.32. The Morgan fingerprint density at radius 2 is 1.93 bits per heavy atom. The molecule has 1 heterocycles. The SMILES string of the molecule is CCOC(=O)N1CCC(NC(=NC)NCc2ccc(OC)c(C(=O)OC)c2)CC1.I. The van der Waals surface area contributed by atoms with E-state index in [1.54, 1.807) is 31.0 Å². The second-order valence-electron chi connectivity index (χ2n) is 6.56. The summed E-state index contributed by atoms with van der Waals surface area (Å²) in [5.41, 5.74) is 1.27. The number of esters is 1. The maximum Gasteiger partial charge on any atom is 0.409 e. The lowest BCUT2D eigenvalue weighted by atomic mass is 10.1. The van der Waals surface area contributed by atoms with Gasteiger partial charge in [0.1, 0.15) is 11.3 Å². The van der Waals surface area contributed by atoms with Gasteiger partial charge in [0.2, 0.25) is 0 Å². The molecular weight excluding hydrogens is 503 g/mol. The summed E-state index contributed by atoms with van der Waals surface area (Å²) in [6.45, 7) is 3.97. The Balaban J connectivity index is 0.00000450. The van der Waals surface area contributed by atoms with Gasteiger partial charge in [0.25, 0.3) is 0 Å². The molecule has 2 N–H and O–H groups in total. The first kappa shape index (κ1) is 25.8. The van der Waals surface area contributed by atoms with Crippen molar-refractivity contribution < 1.29 is 23.8 Å². The average Bonchev–Trinajstić information content (AvgIpc) is 2.76. The highest BCUT2D eigenvalue weighted by Gasteiger charge is 2.24. The zero-order valence-electron chi connectivity index (χ0n) is 17.9. The highest BCUT2D eigenvalue weighted by Crippen LogP contribution is 2.20. The number of likely N-dealkylation sites (tertiary alicyclic amines) is 1. The molecule has 0 aliphatic carbocycles. The van der Waals surface area contributed by atoms with Gasteiger partial charge in [0, 0.05) is 32.7 Å². The number of carbonyl (C=O) groups excluding carboxylic acids is 2. The Labute approximate surface area is 194 Å². The first-order valence-corrected chi connectivity index (χ1v) is 9.66. The van der Waals surface area contributed by atoms with Crippen molar-refractivity contribution in [3.8, 4) is 5.75 Å². The van der Waals surface area contributed by atoms with Gasteiger partial charge in [-0.25, -0.2) is 9.59 Å². The molecule has 1 aliphatic heterocycles. The van der Waals surface area contributed by atoms with E-state index in [0.717, 1.165) is 18.4 Å². The van der Waals surface area contributed by atoms with Gasteiger partial charge in [0.05, 0.1) is 20.8 Å². The molecule has 0 radical (unpaired) electrons. The Morgan fingerprint density at radius 3 is 2.50 bits per heavy atom. The smallest absolute Gasteiger partial charge is 0.409 e. The molecule has 10 heteroatoms. The number of carbonyl (C=O) groups is 2. The van der Waals surface area contributed by atoms with Gasteiger partial charge in [-0.3, -0.25) is 4.99 Å². The van der Waals surface area contributed by atoms with Crippen LogP contribution in [-0.4, -0.2) is 69.9 Å². The molecule has 0 saturated carbocycles. The Hall–Kier alpha value is -2.24. The van der Waals surface area contributed by atoms with Crippen LogP contribution in [0.2, 0.25) is 0 Å². The quantitative estimate of drug-likeness (QED) is 0.250.